The number of nitrogens with one attached hydrogen (secondary N) is 6. The molecule has 1 saturated carbocycles. The van der Waals surface area contributed by atoms with Gasteiger partial charge in [0.25, 0.3) is 11.8 Å². The number of anilines is 3. The van der Waals surface area contributed by atoms with Crippen LogP contribution in [-0.2, 0) is 59.0 Å². The summed E-state index contributed by atoms with van der Waals surface area (Å²) in [6.07, 6.45) is -0.488. The number of aliphatic hydroxyl groups is 2. The molecule has 85 heavy (non-hydrogen) atoms. The fourth-order valence-corrected chi connectivity index (χ4v) is 11.1. The molecule has 10 amide bonds. The first-order valence-corrected chi connectivity index (χ1v) is 28.4. The Morgan fingerprint density at radius 2 is 1.62 bits per heavy atom. The molecule has 2 saturated heterocycles. The van der Waals surface area contributed by atoms with Crippen LogP contribution in [0.5, 0.6) is 5.75 Å². The Hall–Kier alpha value is -7.81. The van der Waals surface area contributed by atoms with E-state index in [9.17, 15) is 58.2 Å². The molecule has 27 heteroatoms. The third-order valence-corrected chi connectivity index (χ3v) is 16.3. The highest BCUT2D eigenvalue weighted by Crippen LogP contribution is 2.65. The van der Waals surface area contributed by atoms with Gasteiger partial charge in [0, 0.05) is 75.5 Å². The van der Waals surface area contributed by atoms with Crippen molar-refractivity contribution in [2.24, 2.45) is 23.0 Å². The molecule has 10 N–H and O–H groups in total. The summed E-state index contributed by atoms with van der Waals surface area (Å²) in [4.78, 5) is 136. The number of halogens is 1. The molecule has 4 bridgehead atoms. The normalized spacial score (nSPS) is 25.8. The zero-order valence-electron chi connectivity index (χ0n) is 49.2. The van der Waals surface area contributed by atoms with Crippen molar-refractivity contribution in [3.8, 4) is 5.75 Å². The van der Waals surface area contributed by atoms with Gasteiger partial charge in [0.05, 0.1) is 24.8 Å². The number of hydrogen-bond donors (Lipinski definition) is 9. The highest BCUT2D eigenvalue weighted by atomic mass is 35.5. The van der Waals surface area contributed by atoms with Crippen molar-refractivity contribution in [3.05, 3.63) is 70.3 Å². The number of ether oxygens (including phenoxy) is 4. The smallest absolute Gasteiger partial charge is 0.411 e. The number of imide groups is 1. The van der Waals surface area contributed by atoms with Crippen LogP contribution in [0.2, 0.25) is 5.02 Å². The first kappa shape index (κ1) is 66.3. The van der Waals surface area contributed by atoms with Crippen molar-refractivity contribution in [1.82, 2.24) is 26.3 Å². The SMILES string of the molecule is COc1cc2cc(c1Cl)N(C)C(=O)C[C@H](OC(=O)Nc1ccc(NC(=O)[C@H](CCCNC(N)=O)NC(=O)[C@@H](NC(=O)CCCCC(=O)ON3C(=O)CCC3=O)C(C)C)c(C)c1)[C@]1(C)C[C@@]1(O)[C@H](C)[C@@H]1C[C@@](O)(NC(=O)O1)[C@H](OC)/C=C/C=C(\C)C2. The Morgan fingerprint density at radius 1 is 0.929 bits per heavy atom. The lowest BCUT2D eigenvalue weighted by Crippen LogP contribution is -2.64. The molecule has 3 fully saturated rings. The third kappa shape index (κ3) is 16.5. The number of alkyl carbamates (subject to hydrolysis) is 1. The number of amides is 10. The standard InChI is InChI=1S/C58H78ClN9O17/c1-31(2)50(65-44(69)17-10-11-18-48(73)85-68-45(70)21-22-46(68)71)52(75)64-38(15-13-23-61-53(60)76)51(74)63-37-20-19-36(25-33(37)4)62-54(77)84-43-28-47(72)67(7)39-26-35(27-40(81-8)49(39)59)24-32(3)14-12-16-42(82-9)58(80)29-41(83-55(78)66-58)34(5)57(79)30-56(43,57)6/h12,14,16,19-20,25-27,31,34,38,41-43,50,79-80H,10-11,13,15,17-18,21-24,28-30H2,1-9H3,(H,62,77)(H,63,74)(H,64,75)(H,65,69)(H,66,78)(H3,60,61,76)/b16-12+,32-14+/t34-,38+,41+,42-,43+,50+,56+,57-,58+/m1/s1. The molecule has 3 aliphatic heterocycles. The summed E-state index contributed by atoms with van der Waals surface area (Å²) in [7, 11) is 4.33. The van der Waals surface area contributed by atoms with Crippen LogP contribution in [0.25, 0.3) is 0 Å². The number of unbranched alkanes of at least 4 members (excludes halogenated alkanes) is 1. The summed E-state index contributed by atoms with van der Waals surface area (Å²) in [6, 6.07) is 4.86. The number of allylic oxidation sites excluding steroid dienone is 3. The molecular formula is C58H78ClN9O17. The first-order valence-electron chi connectivity index (χ1n) is 28.0. The quantitative estimate of drug-likeness (QED) is 0.0632. The van der Waals surface area contributed by atoms with Crippen molar-refractivity contribution < 1.29 is 81.9 Å². The molecule has 0 unspecified atom stereocenters. The van der Waals surface area contributed by atoms with Gasteiger partial charge in [0.15, 0.2) is 5.72 Å². The van der Waals surface area contributed by atoms with Crippen LogP contribution in [0, 0.1) is 24.2 Å². The molecule has 1 aliphatic carbocycles. The molecule has 2 aromatic carbocycles. The summed E-state index contributed by atoms with van der Waals surface area (Å²) < 4.78 is 23.1. The van der Waals surface area contributed by atoms with Crippen LogP contribution < -0.4 is 47.3 Å². The van der Waals surface area contributed by atoms with Gasteiger partial charge in [-0.3, -0.25) is 39.4 Å². The van der Waals surface area contributed by atoms with E-state index in [0.717, 1.165) is 11.1 Å². The average molecular weight is 1210 g/mol. The fourth-order valence-electron chi connectivity index (χ4n) is 10.8. The van der Waals surface area contributed by atoms with E-state index >= 15 is 0 Å². The predicted molar refractivity (Wildman–Crippen MR) is 308 cm³/mol. The van der Waals surface area contributed by atoms with E-state index < -0.39 is 125 Å². The first-order chi connectivity index (χ1) is 40.0. The Balaban J connectivity index is 1.17. The summed E-state index contributed by atoms with van der Waals surface area (Å²) in [5.74, 6) is -5.52. The van der Waals surface area contributed by atoms with Crippen LogP contribution in [0.1, 0.15) is 116 Å². The van der Waals surface area contributed by atoms with Crippen molar-refractivity contribution in [2.45, 2.75) is 160 Å². The number of fused-ring (bicyclic) bond motifs is 5. The number of carbonyl (C=O) groups is 10. The van der Waals surface area contributed by atoms with Gasteiger partial charge in [-0.2, -0.15) is 0 Å². The number of carbonyl (C=O) groups excluding carboxylic acids is 10. The van der Waals surface area contributed by atoms with Crippen molar-refractivity contribution in [3.63, 3.8) is 0 Å². The number of benzene rings is 2. The molecule has 9 atom stereocenters. The van der Waals surface area contributed by atoms with Gasteiger partial charge < -0.3 is 65.9 Å². The van der Waals surface area contributed by atoms with Crippen LogP contribution >= 0.6 is 11.6 Å². The Morgan fingerprint density at radius 3 is 2.27 bits per heavy atom. The summed E-state index contributed by atoms with van der Waals surface area (Å²) >= 11 is 6.84. The molecule has 0 aromatic heterocycles. The number of nitrogens with two attached hydrogens (primary N) is 1. The number of aryl methyl sites for hydroxylation is 1. The van der Waals surface area contributed by atoms with Crippen molar-refractivity contribution in [1.29, 1.82) is 0 Å². The maximum absolute atomic E-state index is 14.5. The molecular weight excluding hydrogens is 1130 g/mol. The lowest BCUT2D eigenvalue weighted by molar-refractivity contribution is -0.197. The lowest BCUT2D eigenvalue weighted by atomic mass is 9.81. The van der Waals surface area contributed by atoms with Crippen molar-refractivity contribution in [2.75, 3.05) is 43.3 Å². The minimum Gasteiger partial charge on any atom is -0.495 e. The highest BCUT2D eigenvalue weighted by Gasteiger charge is 2.73. The molecule has 4 aliphatic rings. The van der Waals surface area contributed by atoms with Gasteiger partial charge in [0.1, 0.15) is 41.2 Å². The second-order valence-electron chi connectivity index (χ2n) is 22.6. The summed E-state index contributed by atoms with van der Waals surface area (Å²) in [5, 5.41) is 40.9. The molecule has 6 rings (SSSR count). The van der Waals surface area contributed by atoms with Gasteiger partial charge in [-0.05, 0) is 99.7 Å². The van der Waals surface area contributed by atoms with E-state index in [1.54, 1.807) is 65.0 Å². The zero-order valence-corrected chi connectivity index (χ0v) is 50.0. The molecule has 3 heterocycles. The van der Waals surface area contributed by atoms with Gasteiger partial charge in [0.2, 0.25) is 23.6 Å². The minimum atomic E-state index is -1.98. The maximum atomic E-state index is 14.5. The average Bonchev–Trinajstić information content (AvgIpc) is 1.58. The van der Waals surface area contributed by atoms with Gasteiger partial charge in [-0.1, -0.05) is 63.1 Å². The van der Waals surface area contributed by atoms with Crippen molar-refractivity contribution >= 4 is 88.3 Å². The van der Waals surface area contributed by atoms with E-state index in [-0.39, 0.29) is 87.2 Å². The second kappa shape index (κ2) is 28.4. The van der Waals surface area contributed by atoms with Gasteiger partial charge in [-0.25, -0.2) is 19.2 Å². The molecule has 2 aromatic rings. The predicted octanol–water partition coefficient (Wildman–Crippen LogP) is 4.85. The zero-order chi connectivity index (χ0) is 62.7. The number of hydrogen-bond acceptors (Lipinski definition) is 17. The van der Waals surface area contributed by atoms with E-state index in [1.807, 2.05) is 6.92 Å². The fraction of sp³-hybridized carbons (Fsp3) is 0.552. The van der Waals surface area contributed by atoms with Crippen LogP contribution in [-0.4, -0.2) is 144 Å². The molecule has 0 spiro atoms. The molecule has 26 nitrogen and oxygen atoms in total. The van der Waals surface area contributed by atoms with E-state index in [2.05, 4.69) is 31.9 Å². The molecule has 0 radical (unpaired) electrons. The number of primary amides is 1. The number of rotatable bonds is 20. The van der Waals surface area contributed by atoms with Crippen LogP contribution in [0.4, 0.5) is 31.4 Å². The monoisotopic (exact) mass is 1210 g/mol. The van der Waals surface area contributed by atoms with Gasteiger partial charge in [-0.15, -0.1) is 5.06 Å². The van der Waals surface area contributed by atoms with Crippen LogP contribution in [0.3, 0.4) is 0 Å². The largest absolute Gasteiger partial charge is 0.495 e. The summed E-state index contributed by atoms with van der Waals surface area (Å²) in [5.41, 5.74) is 2.98. The van der Waals surface area contributed by atoms with E-state index in [1.165, 1.54) is 44.4 Å². The van der Waals surface area contributed by atoms with E-state index in [0.29, 0.717) is 28.5 Å². The highest BCUT2D eigenvalue weighted by molar-refractivity contribution is 6.35. The van der Waals surface area contributed by atoms with Gasteiger partial charge >= 0.3 is 24.2 Å². The number of nitrogens with zero attached hydrogens (tertiary/aromatic N) is 2. The Bertz CT molecular complexity index is 2960. The topological polar surface area (TPSA) is 362 Å². The number of hydroxylamine groups is 2. The maximum Gasteiger partial charge on any atom is 0.411 e. The lowest BCUT2D eigenvalue weighted by Gasteiger charge is -2.43. The van der Waals surface area contributed by atoms with Crippen LogP contribution in [0.15, 0.2) is 54.1 Å². The summed E-state index contributed by atoms with van der Waals surface area (Å²) in [6.45, 7) is 10.2. The second-order valence-corrected chi connectivity index (χ2v) is 23.0. The molecule has 464 valence electrons. The van der Waals surface area contributed by atoms with E-state index in [4.69, 9.17) is 41.1 Å². The third-order valence-electron chi connectivity index (χ3n) is 16.0. The number of urea groups is 1. The Kier molecular flexibility index (Phi) is 22.1. The minimum absolute atomic E-state index is 0.0141. The number of methoxy groups -OCH3 is 2. The Labute approximate surface area is 497 Å².